The maximum atomic E-state index is 12.3. The molecule has 0 bridgehead atoms. The van der Waals surface area contributed by atoms with Crippen LogP contribution in [-0.2, 0) is 19.6 Å². The van der Waals surface area contributed by atoms with Crippen LogP contribution in [0.5, 0.6) is 0 Å². The quantitative estimate of drug-likeness (QED) is 0.701. The van der Waals surface area contributed by atoms with Crippen molar-refractivity contribution in [2.45, 2.75) is 36.5 Å². The van der Waals surface area contributed by atoms with Crippen molar-refractivity contribution in [2.24, 2.45) is 0 Å². The van der Waals surface area contributed by atoms with Gasteiger partial charge in [-0.1, -0.05) is 0 Å². The number of nitrogens with zero attached hydrogens (tertiary/aromatic N) is 2. The first-order chi connectivity index (χ1) is 12.4. The Hall–Kier alpha value is -1.04. The summed E-state index contributed by atoms with van der Waals surface area (Å²) in [5.74, 6) is 0.0758. The van der Waals surface area contributed by atoms with Gasteiger partial charge in [-0.05, 0) is 24.4 Å². The smallest absolute Gasteiger partial charge is 0.241 e. The fourth-order valence-electron chi connectivity index (χ4n) is 3.34. The molecule has 2 aliphatic heterocycles. The molecular weight excluding hydrogens is 378 g/mol. The van der Waals surface area contributed by atoms with E-state index in [9.17, 15) is 18.3 Å². The van der Waals surface area contributed by atoms with E-state index in [1.54, 1.807) is 17.7 Å². The van der Waals surface area contributed by atoms with Crippen LogP contribution in [0.3, 0.4) is 0 Å². The van der Waals surface area contributed by atoms with Crippen molar-refractivity contribution >= 4 is 27.3 Å². The van der Waals surface area contributed by atoms with Gasteiger partial charge in [0.15, 0.2) is 0 Å². The van der Waals surface area contributed by atoms with Crippen LogP contribution < -0.4 is 4.72 Å². The summed E-state index contributed by atoms with van der Waals surface area (Å²) < 4.78 is 32.8. The summed E-state index contributed by atoms with van der Waals surface area (Å²) in [6.45, 7) is 5.17. The van der Waals surface area contributed by atoms with Gasteiger partial charge in [0.25, 0.3) is 0 Å². The molecule has 26 heavy (non-hydrogen) atoms. The van der Waals surface area contributed by atoms with Crippen LogP contribution in [-0.4, -0.2) is 86.8 Å². The third-order valence-electron chi connectivity index (χ3n) is 4.87. The molecule has 0 aromatic carbocycles. The largest absolute Gasteiger partial charge is 0.389 e. The topological polar surface area (TPSA) is 99.2 Å². The van der Waals surface area contributed by atoms with Gasteiger partial charge in [-0.2, -0.15) is 11.3 Å². The van der Waals surface area contributed by atoms with Crippen LogP contribution in [0.2, 0.25) is 0 Å². The Bertz CT molecular complexity index is 709. The number of carbonyl (C=O) groups is 1. The molecule has 2 saturated heterocycles. The number of carbonyl (C=O) groups excluding carboxylic acids is 1. The highest BCUT2D eigenvalue weighted by atomic mass is 32.2. The van der Waals surface area contributed by atoms with E-state index in [1.807, 2.05) is 4.90 Å². The molecule has 0 spiro atoms. The molecule has 2 aliphatic rings. The van der Waals surface area contributed by atoms with Crippen LogP contribution in [0.15, 0.2) is 21.7 Å². The number of sulfonamides is 1. The lowest BCUT2D eigenvalue weighted by Crippen LogP contribution is -2.47. The molecule has 1 amide bonds. The van der Waals surface area contributed by atoms with Gasteiger partial charge in [-0.3, -0.25) is 9.69 Å². The molecular formula is C16H25N3O5S2. The molecule has 0 aliphatic carbocycles. The maximum Gasteiger partial charge on any atom is 0.241 e. The predicted octanol–water partition coefficient (Wildman–Crippen LogP) is -0.291. The van der Waals surface area contributed by atoms with Crippen molar-refractivity contribution in [3.8, 4) is 0 Å². The first kappa shape index (κ1) is 19.7. The van der Waals surface area contributed by atoms with Crippen molar-refractivity contribution in [2.75, 3.05) is 39.3 Å². The minimum atomic E-state index is -3.65. The van der Waals surface area contributed by atoms with E-state index in [0.29, 0.717) is 13.1 Å². The summed E-state index contributed by atoms with van der Waals surface area (Å²) in [5.41, 5.74) is 0. The molecule has 3 unspecified atom stereocenters. The minimum Gasteiger partial charge on any atom is -0.389 e. The minimum absolute atomic E-state index is 0.0758. The van der Waals surface area contributed by atoms with Crippen molar-refractivity contribution in [1.82, 2.24) is 14.5 Å². The molecule has 0 saturated carbocycles. The average Bonchev–Trinajstić information content (AvgIpc) is 3.16. The monoisotopic (exact) mass is 403 g/mol. The van der Waals surface area contributed by atoms with E-state index in [1.165, 1.54) is 17.4 Å². The summed E-state index contributed by atoms with van der Waals surface area (Å²) in [6, 6.07) is 0.871. The third kappa shape index (κ3) is 4.62. The third-order valence-corrected chi connectivity index (χ3v) is 7.19. The average molecular weight is 404 g/mol. The number of ether oxygens (including phenoxy) is 1. The van der Waals surface area contributed by atoms with E-state index in [4.69, 9.17) is 4.74 Å². The van der Waals surface area contributed by atoms with Gasteiger partial charge in [0.05, 0.1) is 29.8 Å². The molecule has 0 radical (unpaired) electrons. The fraction of sp³-hybridized carbons (Fsp3) is 0.688. The second-order valence-electron chi connectivity index (χ2n) is 6.71. The number of nitrogens with one attached hydrogen (secondary N) is 1. The Labute approximate surface area is 157 Å². The summed E-state index contributed by atoms with van der Waals surface area (Å²) in [6.07, 6.45) is -0.485. The zero-order valence-corrected chi connectivity index (χ0v) is 16.3. The molecule has 1 aromatic rings. The number of hydrogen-bond donors (Lipinski definition) is 2. The Morgan fingerprint density at radius 3 is 2.88 bits per heavy atom. The summed E-state index contributed by atoms with van der Waals surface area (Å²) in [7, 11) is -3.65. The highest BCUT2D eigenvalue weighted by molar-refractivity contribution is 7.89. The van der Waals surface area contributed by atoms with E-state index in [-0.39, 0.29) is 17.4 Å². The van der Waals surface area contributed by atoms with Crippen molar-refractivity contribution < 1.29 is 23.1 Å². The van der Waals surface area contributed by atoms with Crippen LogP contribution in [0, 0.1) is 0 Å². The molecule has 3 atom stereocenters. The predicted molar refractivity (Wildman–Crippen MR) is 97.5 cm³/mol. The van der Waals surface area contributed by atoms with Gasteiger partial charge in [0, 0.05) is 38.5 Å². The maximum absolute atomic E-state index is 12.3. The van der Waals surface area contributed by atoms with Gasteiger partial charge >= 0.3 is 0 Å². The van der Waals surface area contributed by atoms with Crippen molar-refractivity contribution in [3.05, 3.63) is 16.8 Å². The molecule has 146 valence electrons. The highest BCUT2D eigenvalue weighted by Crippen LogP contribution is 2.20. The SMILES string of the molecule is CC(=O)N1CCCN(CC2OCC(NS(=O)(=O)c3ccsc3)C2O)CC1. The molecule has 10 heteroatoms. The van der Waals surface area contributed by atoms with Crippen LogP contribution in [0.25, 0.3) is 0 Å². The lowest BCUT2D eigenvalue weighted by Gasteiger charge is -2.26. The van der Waals surface area contributed by atoms with Gasteiger partial charge < -0.3 is 14.7 Å². The molecule has 1 aromatic heterocycles. The number of thiophene rings is 1. The second kappa shape index (κ2) is 8.32. The number of aliphatic hydroxyl groups excluding tert-OH is 1. The molecule has 8 nitrogen and oxygen atoms in total. The first-order valence-corrected chi connectivity index (χ1v) is 11.1. The Kier molecular flexibility index (Phi) is 6.31. The van der Waals surface area contributed by atoms with E-state index in [0.717, 1.165) is 26.1 Å². The van der Waals surface area contributed by atoms with Crippen molar-refractivity contribution in [1.29, 1.82) is 0 Å². The standard InChI is InChI=1S/C16H25N3O5S2/c1-12(20)19-5-2-4-18(6-7-19)9-15-16(21)14(10-24-15)17-26(22,23)13-3-8-25-11-13/h3,8,11,14-17,21H,2,4-7,9-10H2,1H3. The molecule has 2 N–H and O–H groups in total. The number of rotatable bonds is 5. The molecule has 2 fully saturated rings. The van der Waals surface area contributed by atoms with Crippen LogP contribution in [0.1, 0.15) is 13.3 Å². The lowest BCUT2D eigenvalue weighted by molar-refractivity contribution is -0.128. The van der Waals surface area contributed by atoms with Crippen molar-refractivity contribution in [3.63, 3.8) is 0 Å². The summed E-state index contributed by atoms with van der Waals surface area (Å²) in [4.78, 5) is 15.7. The normalized spacial score (nSPS) is 28.2. The lowest BCUT2D eigenvalue weighted by atomic mass is 10.1. The van der Waals surface area contributed by atoms with Crippen LogP contribution >= 0.6 is 11.3 Å². The van der Waals surface area contributed by atoms with Gasteiger partial charge in [0.2, 0.25) is 15.9 Å². The number of hydrogen-bond acceptors (Lipinski definition) is 7. The second-order valence-corrected chi connectivity index (χ2v) is 9.20. The van der Waals surface area contributed by atoms with E-state index in [2.05, 4.69) is 9.62 Å². The zero-order chi connectivity index (χ0) is 18.7. The fourth-order valence-corrected chi connectivity index (χ4v) is 5.61. The van der Waals surface area contributed by atoms with Gasteiger partial charge in [-0.25, -0.2) is 13.1 Å². The Balaban J connectivity index is 1.54. The Morgan fingerprint density at radius 1 is 1.38 bits per heavy atom. The van der Waals surface area contributed by atoms with E-state index < -0.39 is 28.3 Å². The Morgan fingerprint density at radius 2 is 2.19 bits per heavy atom. The summed E-state index contributed by atoms with van der Waals surface area (Å²) in [5, 5.41) is 13.8. The summed E-state index contributed by atoms with van der Waals surface area (Å²) >= 11 is 1.31. The number of aliphatic hydroxyl groups is 1. The molecule has 3 rings (SSSR count). The molecule has 3 heterocycles. The van der Waals surface area contributed by atoms with Gasteiger partial charge in [0.1, 0.15) is 0 Å². The zero-order valence-electron chi connectivity index (χ0n) is 14.7. The van der Waals surface area contributed by atoms with Crippen LogP contribution in [0.4, 0.5) is 0 Å². The van der Waals surface area contributed by atoms with Gasteiger partial charge in [-0.15, -0.1) is 0 Å². The van der Waals surface area contributed by atoms with E-state index >= 15 is 0 Å². The highest BCUT2D eigenvalue weighted by Gasteiger charge is 2.39. The first-order valence-electron chi connectivity index (χ1n) is 8.69. The number of amides is 1.